The van der Waals surface area contributed by atoms with Crippen LogP contribution >= 0.6 is 15.9 Å². The van der Waals surface area contributed by atoms with Crippen LogP contribution in [-0.4, -0.2) is 57.2 Å². The lowest BCUT2D eigenvalue weighted by Crippen LogP contribution is -2.63. The SMILES string of the molecule is CC(=O)N1CCC(c2nc(-c3cncc(C(O)(c4ccc(Br)cc4)C4(C)CNC4)c3)no2)CC1. The maximum Gasteiger partial charge on any atom is 0.230 e. The molecular formula is C25H28BrN5O3. The molecule has 8 nitrogen and oxygen atoms in total. The summed E-state index contributed by atoms with van der Waals surface area (Å²) in [7, 11) is 0. The van der Waals surface area contributed by atoms with Crippen molar-refractivity contribution in [3.05, 3.63) is 64.2 Å². The molecule has 0 radical (unpaired) electrons. The highest BCUT2D eigenvalue weighted by molar-refractivity contribution is 9.10. The first-order chi connectivity index (χ1) is 16.3. The molecule has 1 unspecified atom stereocenters. The molecule has 0 spiro atoms. The van der Waals surface area contributed by atoms with E-state index in [9.17, 15) is 9.90 Å². The van der Waals surface area contributed by atoms with Crippen LogP contribution in [0.1, 0.15) is 49.6 Å². The van der Waals surface area contributed by atoms with Crippen LogP contribution in [0.4, 0.5) is 0 Å². The minimum Gasteiger partial charge on any atom is -0.380 e. The van der Waals surface area contributed by atoms with Crippen LogP contribution in [0.25, 0.3) is 11.4 Å². The van der Waals surface area contributed by atoms with Gasteiger partial charge in [-0.3, -0.25) is 9.78 Å². The number of nitrogens with one attached hydrogen (secondary N) is 1. The molecule has 178 valence electrons. The number of piperidine rings is 1. The van der Waals surface area contributed by atoms with Crippen molar-refractivity contribution in [2.75, 3.05) is 26.2 Å². The molecule has 1 aromatic carbocycles. The summed E-state index contributed by atoms with van der Waals surface area (Å²) >= 11 is 3.48. The van der Waals surface area contributed by atoms with Gasteiger partial charge < -0.3 is 19.8 Å². The van der Waals surface area contributed by atoms with Crippen LogP contribution in [0.2, 0.25) is 0 Å². The van der Waals surface area contributed by atoms with E-state index in [1.807, 2.05) is 35.2 Å². The molecule has 5 rings (SSSR count). The minimum absolute atomic E-state index is 0.0983. The molecule has 2 saturated heterocycles. The zero-order valence-electron chi connectivity index (χ0n) is 19.3. The highest BCUT2D eigenvalue weighted by atomic mass is 79.9. The molecule has 9 heteroatoms. The normalized spacial score (nSPS) is 19.9. The number of carbonyl (C=O) groups is 1. The summed E-state index contributed by atoms with van der Waals surface area (Å²) in [6, 6.07) is 9.68. The Hall–Kier alpha value is -2.62. The average molecular weight is 526 g/mol. The fourth-order valence-corrected chi connectivity index (χ4v) is 5.29. The number of amides is 1. The van der Waals surface area contributed by atoms with Crippen molar-refractivity contribution in [3.63, 3.8) is 0 Å². The van der Waals surface area contributed by atoms with Crippen LogP contribution in [0.15, 0.2) is 51.7 Å². The van der Waals surface area contributed by atoms with Crippen molar-refractivity contribution in [3.8, 4) is 11.4 Å². The summed E-state index contributed by atoms with van der Waals surface area (Å²) in [5.41, 5.74) is 0.560. The van der Waals surface area contributed by atoms with Crippen molar-refractivity contribution >= 4 is 21.8 Å². The van der Waals surface area contributed by atoms with Gasteiger partial charge in [-0.15, -0.1) is 0 Å². The van der Waals surface area contributed by atoms with Gasteiger partial charge in [0, 0.05) is 72.4 Å². The number of likely N-dealkylation sites (tertiary alicyclic amines) is 1. The summed E-state index contributed by atoms with van der Waals surface area (Å²) in [4.78, 5) is 22.5. The number of hydrogen-bond donors (Lipinski definition) is 2. The van der Waals surface area contributed by atoms with E-state index in [2.05, 4.69) is 43.3 Å². The maximum absolute atomic E-state index is 12.2. The Balaban J connectivity index is 1.45. The van der Waals surface area contributed by atoms with E-state index in [0.717, 1.165) is 22.9 Å². The van der Waals surface area contributed by atoms with Crippen LogP contribution < -0.4 is 5.32 Å². The third kappa shape index (κ3) is 3.95. The standard InChI is InChI=1S/C25H28BrN5O3/c1-16(32)31-9-7-17(8-10-31)23-29-22(30-34-23)18-11-20(13-27-12-18)25(33,24(2)14-28-15-24)19-3-5-21(26)6-4-19/h3-6,11-13,17,28,33H,7-10,14-15H2,1-2H3. The van der Waals surface area contributed by atoms with Gasteiger partial charge in [-0.05, 0) is 36.6 Å². The molecule has 2 aliphatic rings. The lowest BCUT2D eigenvalue weighted by molar-refractivity contribution is -0.129. The molecule has 1 atom stereocenters. The quantitative estimate of drug-likeness (QED) is 0.525. The van der Waals surface area contributed by atoms with Gasteiger partial charge in [0.1, 0.15) is 5.60 Å². The third-order valence-electron chi connectivity index (χ3n) is 7.31. The number of carbonyl (C=O) groups excluding carboxylic acids is 1. The van der Waals surface area contributed by atoms with Gasteiger partial charge in [0.15, 0.2) is 0 Å². The predicted molar refractivity (Wildman–Crippen MR) is 130 cm³/mol. The first kappa shape index (κ1) is 23.1. The monoisotopic (exact) mass is 525 g/mol. The summed E-state index contributed by atoms with van der Waals surface area (Å²) in [6.45, 7) is 6.45. The minimum atomic E-state index is -1.24. The van der Waals surface area contributed by atoms with Gasteiger partial charge in [0.05, 0.1) is 0 Å². The molecule has 1 amide bonds. The van der Waals surface area contributed by atoms with Crippen LogP contribution in [0.3, 0.4) is 0 Å². The number of aromatic nitrogens is 3. The second kappa shape index (κ2) is 8.87. The molecule has 2 fully saturated rings. The highest BCUT2D eigenvalue weighted by Gasteiger charge is 2.53. The largest absolute Gasteiger partial charge is 0.380 e. The number of hydrogen-bond acceptors (Lipinski definition) is 7. The van der Waals surface area contributed by atoms with Gasteiger partial charge >= 0.3 is 0 Å². The lowest BCUT2D eigenvalue weighted by Gasteiger charge is -2.52. The Morgan fingerprint density at radius 3 is 2.53 bits per heavy atom. The third-order valence-corrected chi connectivity index (χ3v) is 7.84. The van der Waals surface area contributed by atoms with Gasteiger partial charge in [0.25, 0.3) is 0 Å². The molecule has 2 aliphatic heterocycles. The van der Waals surface area contributed by atoms with E-state index in [-0.39, 0.29) is 11.8 Å². The van der Waals surface area contributed by atoms with Crippen molar-refractivity contribution in [1.29, 1.82) is 0 Å². The number of halogens is 1. The Bertz CT molecular complexity index is 1190. The topological polar surface area (TPSA) is 104 Å². The van der Waals surface area contributed by atoms with Gasteiger partial charge in [0.2, 0.25) is 17.6 Å². The van der Waals surface area contributed by atoms with Gasteiger partial charge in [-0.2, -0.15) is 4.98 Å². The van der Waals surface area contributed by atoms with Crippen molar-refractivity contribution in [2.24, 2.45) is 5.41 Å². The number of pyridine rings is 1. The smallest absolute Gasteiger partial charge is 0.230 e. The summed E-state index contributed by atoms with van der Waals surface area (Å²) in [5.74, 6) is 1.27. The Kier molecular flexibility index (Phi) is 6.03. The Labute approximate surface area is 206 Å². The number of rotatable bonds is 5. The van der Waals surface area contributed by atoms with Crippen LogP contribution in [-0.2, 0) is 10.4 Å². The molecule has 2 aromatic heterocycles. The number of aliphatic hydroxyl groups is 1. The number of nitrogens with zero attached hydrogens (tertiary/aromatic N) is 4. The van der Waals surface area contributed by atoms with Crippen molar-refractivity contribution < 1.29 is 14.4 Å². The second-order valence-electron chi connectivity index (χ2n) is 9.58. The highest BCUT2D eigenvalue weighted by Crippen LogP contribution is 2.48. The average Bonchev–Trinajstić information content (AvgIpc) is 3.33. The molecule has 4 heterocycles. The fourth-order valence-electron chi connectivity index (χ4n) is 5.03. The van der Waals surface area contributed by atoms with E-state index >= 15 is 0 Å². The first-order valence-corrected chi connectivity index (χ1v) is 12.3. The van der Waals surface area contributed by atoms with Gasteiger partial charge in [-0.1, -0.05) is 40.1 Å². The van der Waals surface area contributed by atoms with Gasteiger partial charge in [-0.25, -0.2) is 0 Å². The Morgan fingerprint density at radius 1 is 1.21 bits per heavy atom. The summed E-state index contributed by atoms with van der Waals surface area (Å²) in [5, 5.41) is 19.7. The summed E-state index contributed by atoms with van der Waals surface area (Å²) < 4.78 is 6.56. The molecule has 34 heavy (non-hydrogen) atoms. The van der Waals surface area contributed by atoms with E-state index in [1.54, 1.807) is 19.3 Å². The van der Waals surface area contributed by atoms with Crippen molar-refractivity contribution in [2.45, 2.75) is 38.2 Å². The molecular weight excluding hydrogens is 498 g/mol. The van der Waals surface area contributed by atoms with E-state index in [1.165, 1.54) is 0 Å². The zero-order chi connectivity index (χ0) is 23.9. The molecule has 0 saturated carbocycles. The molecule has 2 N–H and O–H groups in total. The summed E-state index contributed by atoms with van der Waals surface area (Å²) in [6.07, 6.45) is 5.01. The first-order valence-electron chi connectivity index (χ1n) is 11.5. The molecule has 0 bridgehead atoms. The van der Waals surface area contributed by atoms with E-state index in [4.69, 9.17) is 4.52 Å². The number of benzene rings is 1. The molecule has 3 aromatic rings. The zero-order valence-corrected chi connectivity index (χ0v) is 20.9. The van der Waals surface area contributed by atoms with Crippen molar-refractivity contribution in [1.82, 2.24) is 25.3 Å². The fraction of sp³-hybridized carbons (Fsp3) is 0.440. The van der Waals surface area contributed by atoms with E-state index < -0.39 is 11.0 Å². The van der Waals surface area contributed by atoms with E-state index in [0.29, 0.717) is 49.0 Å². The second-order valence-corrected chi connectivity index (χ2v) is 10.5. The Morgan fingerprint density at radius 2 is 1.91 bits per heavy atom. The lowest BCUT2D eigenvalue weighted by atomic mass is 9.63. The van der Waals surface area contributed by atoms with Crippen LogP contribution in [0, 0.1) is 5.41 Å². The predicted octanol–water partition coefficient (Wildman–Crippen LogP) is 3.47. The maximum atomic E-state index is 12.2. The van der Waals surface area contributed by atoms with Crippen LogP contribution in [0.5, 0.6) is 0 Å². The molecule has 0 aliphatic carbocycles.